The highest BCUT2D eigenvalue weighted by Gasteiger charge is 2.21. The standard InChI is InChI=1S/C11H15Br2N/c1-3-11(2,8-12)6-10-5-4-9(13)7-14-10/h4-5,7H,3,6,8H2,1-2H3. The van der Waals surface area contributed by atoms with Gasteiger partial charge in [0.15, 0.2) is 0 Å². The van der Waals surface area contributed by atoms with Crippen LogP contribution in [0.25, 0.3) is 0 Å². The van der Waals surface area contributed by atoms with Crippen LogP contribution in [-0.2, 0) is 6.42 Å². The second-order valence-electron chi connectivity index (χ2n) is 3.94. The molecule has 0 saturated heterocycles. The second kappa shape index (κ2) is 5.26. The number of alkyl halides is 1. The lowest BCUT2D eigenvalue weighted by molar-refractivity contribution is 0.357. The van der Waals surface area contributed by atoms with Crippen molar-refractivity contribution in [2.24, 2.45) is 5.41 Å². The van der Waals surface area contributed by atoms with Crippen molar-refractivity contribution in [1.29, 1.82) is 0 Å². The van der Waals surface area contributed by atoms with Crippen LogP contribution in [0.2, 0.25) is 0 Å². The summed E-state index contributed by atoms with van der Waals surface area (Å²) < 4.78 is 1.04. The third-order valence-corrected chi connectivity index (χ3v) is 4.40. The SMILES string of the molecule is CCC(C)(CBr)Cc1ccc(Br)cn1. The molecule has 78 valence electrons. The fraction of sp³-hybridized carbons (Fsp3) is 0.545. The van der Waals surface area contributed by atoms with Crippen molar-refractivity contribution >= 4 is 31.9 Å². The van der Waals surface area contributed by atoms with E-state index in [1.165, 1.54) is 0 Å². The third-order valence-electron chi connectivity index (χ3n) is 2.57. The summed E-state index contributed by atoms with van der Waals surface area (Å²) in [5.74, 6) is 0. The fourth-order valence-corrected chi connectivity index (χ4v) is 2.04. The molecule has 0 aromatic carbocycles. The van der Waals surface area contributed by atoms with Crippen LogP contribution in [0.3, 0.4) is 0 Å². The molecule has 1 aromatic rings. The van der Waals surface area contributed by atoms with E-state index in [-0.39, 0.29) is 0 Å². The molecule has 0 aliphatic rings. The highest BCUT2D eigenvalue weighted by Crippen LogP contribution is 2.28. The topological polar surface area (TPSA) is 12.9 Å². The maximum absolute atomic E-state index is 4.39. The van der Waals surface area contributed by atoms with Gasteiger partial charge in [-0.15, -0.1) is 0 Å². The lowest BCUT2D eigenvalue weighted by atomic mass is 9.85. The Morgan fingerprint density at radius 1 is 1.43 bits per heavy atom. The minimum atomic E-state index is 0.320. The summed E-state index contributed by atoms with van der Waals surface area (Å²) in [6, 6.07) is 4.13. The maximum atomic E-state index is 4.39. The Bertz CT molecular complexity index is 278. The average molecular weight is 321 g/mol. The van der Waals surface area contributed by atoms with E-state index >= 15 is 0 Å². The number of hydrogen-bond donors (Lipinski definition) is 0. The zero-order valence-electron chi connectivity index (χ0n) is 8.56. The quantitative estimate of drug-likeness (QED) is 0.758. The average Bonchev–Trinajstić information content (AvgIpc) is 2.21. The van der Waals surface area contributed by atoms with E-state index in [1.54, 1.807) is 0 Å². The first-order chi connectivity index (χ1) is 6.59. The molecule has 0 fully saturated rings. The van der Waals surface area contributed by atoms with Gasteiger partial charge in [0.25, 0.3) is 0 Å². The zero-order valence-corrected chi connectivity index (χ0v) is 11.7. The van der Waals surface area contributed by atoms with Gasteiger partial charge in [-0.05, 0) is 46.3 Å². The molecule has 0 radical (unpaired) electrons. The maximum Gasteiger partial charge on any atom is 0.0413 e. The van der Waals surface area contributed by atoms with Gasteiger partial charge in [0.1, 0.15) is 0 Å². The van der Waals surface area contributed by atoms with Gasteiger partial charge in [-0.3, -0.25) is 4.98 Å². The first kappa shape index (κ1) is 12.2. The third kappa shape index (κ3) is 3.35. The van der Waals surface area contributed by atoms with Gasteiger partial charge < -0.3 is 0 Å². The molecule has 0 saturated carbocycles. The minimum Gasteiger partial charge on any atom is -0.260 e. The van der Waals surface area contributed by atoms with Gasteiger partial charge in [-0.2, -0.15) is 0 Å². The van der Waals surface area contributed by atoms with Crippen LogP contribution in [-0.4, -0.2) is 10.3 Å². The lowest BCUT2D eigenvalue weighted by Crippen LogP contribution is -2.20. The Labute approximate surface area is 103 Å². The van der Waals surface area contributed by atoms with Crippen molar-refractivity contribution in [1.82, 2.24) is 4.98 Å². The predicted molar refractivity (Wildman–Crippen MR) is 67.8 cm³/mol. The van der Waals surface area contributed by atoms with Crippen molar-refractivity contribution in [3.05, 3.63) is 28.5 Å². The summed E-state index contributed by atoms with van der Waals surface area (Å²) in [5, 5.41) is 1.02. The van der Waals surface area contributed by atoms with Crippen LogP contribution in [0, 0.1) is 5.41 Å². The molecule has 0 amide bonds. The zero-order chi connectivity index (χ0) is 10.6. The number of pyridine rings is 1. The van der Waals surface area contributed by atoms with Gasteiger partial charge in [0.2, 0.25) is 0 Å². The van der Waals surface area contributed by atoms with E-state index in [4.69, 9.17) is 0 Å². The highest BCUT2D eigenvalue weighted by molar-refractivity contribution is 9.10. The molecule has 0 N–H and O–H groups in total. The van der Waals surface area contributed by atoms with Gasteiger partial charge >= 0.3 is 0 Å². The Morgan fingerprint density at radius 3 is 2.57 bits per heavy atom. The molecule has 3 heteroatoms. The van der Waals surface area contributed by atoms with Crippen molar-refractivity contribution in [2.75, 3.05) is 5.33 Å². The molecular formula is C11H15Br2N. The summed E-state index contributed by atoms with van der Waals surface area (Å²) in [6.07, 6.45) is 4.05. The molecule has 1 atom stereocenters. The smallest absolute Gasteiger partial charge is 0.0413 e. The van der Waals surface area contributed by atoms with Crippen LogP contribution < -0.4 is 0 Å². The molecule has 14 heavy (non-hydrogen) atoms. The number of hydrogen-bond acceptors (Lipinski definition) is 1. The Balaban J connectivity index is 2.72. The van der Waals surface area contributed by atoms with Crippen molar-refractivity contribution in [3.63, 3.8) is 0 Å². The summed E-state index contributed by atoms with van der Waals surface area (Å²) in [4.78, 5) is 4.39. The van der Waals surface area contributed by atoms with E-state index in [0.29, 0.717) is 5.41 Å². The van der Waals surface area contributed by atoms with Gasteiger partial charge in [-0.25, -0.2) is 0 Å². The first-order valence-corrected chi connectivity index (χ1v) is 6.67. The number of nitrogens with zero attached hydrogens (tertiary/aromatic N) is 1. The number of halogens is 2. The molecule has 1 rings (SSSR count). The molecule has 1 heterocycles. The van der Waals surface area contributed by atoms with Crippen molar-refractivity contribution in [3.8, 4) is 0 Å². The van der Waals surface area contributed by atoms with Crippen LogP contribution in [0.1, 0.15) is 26.0 Å². The number of rotatable bonds is 4. The van der Waals surface area contributed by atoms with E-state index in [0.717, 1.165) is 28.3 Å². The number of aromatic nitrogens is 1. The Kier molecular flexibility index (Phi) is 4.58. The summed E-state index contributed by atoms with van der Waals surface area (Å²) in [7, 11) is 0. The minimum absolute atomic E-state index is 0.320. The van der Waals surface area contributed by atoms with Gasteiger partial charge in [-0.1, -0.05) is 29.8 Å². The monoisotopic (exact) mass is 319 g/mol. The highest BCUT2D eigenvalue weighted by atomic mass is 79.9. The summed E-state index contributed by atoms with van der Waals surface area (Å²) in [6.45, 7) is 4.51. The van der Waals surface area contributed by atoms with Crippen LogP contribution in [0.5, 0.6) is 0 Å². The van der Waals surface area contributed by atoms with Crippen molar-refractivity contribution < 1.29 is 0 Å². The van der Waals surface area contributed by atoms with Gasteiger partial charge in [0.05, 0.1) is 0 Å². The molecule has 0 spiro atoms. The largest absolute Gasteiger partial charge is 0.260 e. The molecule has 0 aliphatic carbocycles. The van der Waals surface area contributed by atoms with E-state index in [9.17, 15) is 0 Å². The molecule has 1 unspecified atom stereocenters. The molecule has 0 bridgehead atoms. The molecular weight excluding hydrogens is 306 g/mol. The van der Waals surface area contributed by atoms with Crippen LogP contribution in [0.4, 0.5) is 0 Å². The van der Waals surface area contributed by atoms with Crippen LogP contribution in [0.15, 0.2) is 22.8 Å². The molecule has 0 aliphatic heterocycles. The fourth-order valence-electron chi connectivity index (χ4n) is 1.22. The molecule has 1 aromatic heterocycles. The van der Waals surface area contributed by atoms with E-state index in [2.05, 4.69) is 56.8 Å². The predicted octanol–water partition coefficient (Wildman–Crippen LogP) is 4.20. The second-order valence-corrected chi connectivity index (χ2v) is 5.42. The van der Waals surface area contributed by atoms with Crippen molar-refractivity contribution in [2.45, 2.75) is 26.7 Å². The Morgan fingerprint density at radius 2 is 2.14 bits per heavy atom. The normalized spacial score (nSPS) is 15.1. The van der Waals surface area contributed by atoms with E-state index in [1.807, 2.05) is 12.3 Å². The summed E-state index contributed by atoms with van der Waals surface area (Å²) >= 11 is 6.95. The van der Waals surface area contributed by atoms with Gasteiger partial charge in [0, 0.05) is 21.7 Å². The molecule has 1 nitrogen and oxygen atoms in total. The first-order valence-electron chi connectivity index (χ1n) is 4.76. The summed E-state index contributed by atoms with van der Waals surface area (Å²) in [5.41, 5.74) is 1.48. The van der Waals surface area contributed by atoms with Crippen LogP contribution >= 0.6 is 31.9 Å². The lowest BCUT2D eigenvalue weighted by Gasteiger charge is -2.25. The Hall–Kier alpha value is 0.110. The van der Waals surface area contributed by atoms with E-state index < -0.39 is 0 Å².